The van der Waals surface area contributed by atoms with Gasteiger partial charge >= 0.3 is 5.97 Å². The van der Waals surface area contributed by atoms with Crippen molar-refractivity contribution in [3.8, 4) is 5.75 Å². The second kappa shape index (κ2) is 10.5. The molecule has 2 atom stereocenters. The van der Waals surface area contributed by atoms with Crippen LogP contribution in [0.5, 0.6) is 5.75 Å². The highest BCUT2D eigenvalue weighted by Gasteiger charge is 2.32. The summed E-state index contributed by atoms with van der Waals surface area (Å²) in [5.74, 6) is -0.478. The Morgan fingerprint density at radius 3 is 2.12 bits per heavy atom. The van der Waals surface area contributed by atoms with Crippen LogP contribution < -0.4 is 4.74 Å². The van der Waals surface area contributed by atoms with Crippen molar-refractivity contribution in [1.82, 2.24) is 4.90 Å². The summed E-state index contributed by atoms with van der Waals surface area (Å²) in [4.78, 5) is 27.8. The third-order valence-electron chi connectivity index (χ3n) is 6.06. The number of aliphatic hydroxyl groups is 1. The molecule has 0 radical (unpaired) electrons. The summed E-state index contributed by atoms with van der Waals surface area (Å²) in [6, 6.07) is 25.5. The van der Waals surface area contributed by atoms with Crippen LogP contribution in [0.25, 0.3) is 0 Å². The maximum atomic E-state index is 13.9. The number of carbonyl (C=O) groups excluding carboxylic acids is 2. The number of hydrogen-bond donors (Lipinski definition) is 1. The first-order valence-corrected chi connectivity index (χ1v) is 11.4. The quantitative estimate of drug-likeness (QED) is 0.427. The number of ether oxygens (including phenoxy) is 1. The van der Waals surface area contributed by atoms with Gasteiger partial charge in [-0.05, 0) is 54.5 Å². The zero-order valence-corrected chi connectivity index (χ0v) is 18.8. The van der Waals surface area contributed by atoms with Gasteiger partial charge in [0.1, 0.15) is 11.9 Å². The molecule has 3 aromatic rings. The van der Waals surface area contributed by atoms with Gasteiger partial charge in [0.05, 0.1) is 5.92 Å². The molecule has 2 unspecified atom stereocenters. The standard InChI is InChI=1S/C28H29NO4/c1-20(30)28(32)33-26-17-9-14-23-24(26)15-8-16-25(23)27(31)29(18-21-10-4-2-5-11-21)19-22-12-6-3-7-13-22/h2-7,9-14,17,20,25,30H,8,15-16,18-19H2,1H3. The average Bonchev–Trinajstić information content (AvgIpc) is 2.84. The molecule has 0 saturated carbocycles. The average molecular weight is 444 g/mol. The Morgan fingerprint density at radius 1 is 0.939 bits per heavy atom. The van der Waals surface area contributed by atoms with Crippen molar-refractivity contribution in [2.45, 2.75) is 51.3 Å². The van der Waals surface area contributed by atoms with Crippen LogP contribution in [-0.2, 0) is 29.1 Å². The molecule has 5 nitrogen and oxygen atoms in total. The summed E-state index contributed by atoms with van der Waals surface area (Å²) in [6.45, 7) is 2.43. The van der Waals surface area contributed by atoms with Crippen molar-refractivity contribution in [2.24, 2.45) is 0 Å². The minimum absolute atomic E-state index is 0.0719. The van der Waals surface area contributed by atoms with E-state index in [0.717, 1.165) is 41.5 Å². The largest absolute Gasteiger partial charge is 0.424 e. The van der Waals surface area contributed by atoms with Crippen molar-refractivity contribution < 1.29 is 19.4 Å². The minimum atomic E-state index is -1.20. The Bertz CT molecular complexity index is 1050. The van der Waals surface area contributed by atoms with Crippen LogP contribution in [0.1, 0.15) is 47.9 Å². The lowest BCUT2D eigenvalue weighted by Crippen LogP contribution is -2.36. The lowest BCUT2D eigenvalue weighted by molar-refractivity contribution is -0.142. The summed E-state index contributed by atoms with van der Waals surface area (Å²) < 4.78 is 5.44. The molecular formula is C28H29NO4. The number of nitrogens with zero attached hydrogens (tertiary/aromatic N) is 1. The van der Waals surface area contributed by atoms with Crippen LogP contribution in [0.2, 0.25) is 0 Å². The number of hydrogen-bond acceptors (Lipinski definition) is 4. The van der Waals surface area contributed by atoms with E-state index in [9.17, 15) is 14.7 Å². The third-order valence-corrected chi connectivity index (χ3v) is 6.06. The van der Waals surface area contributed by atoms with Gasteiger partial charge in [-0.2, -0.15) is 0 Å². The van der Waals surface area contributed by atoms with Crippen LogP contribution in [0.3, 0.4) is 0 Å². The second-order valence-corrected chi connectivity index (χ2v) is 8.53. The van der Waals surface area contributed by atoms with Crippen LogP contribution in [0.4, 0.5) is 0 Å². The number of aliphatic hydroxyl groups excluding tert-OH is 1. The predicted molar refractivity (Wildman–Crippen MR) is 127 cm³/mol. The zero-order chi connectivity index (χ0) is 23.2. The van der Waals surface area contributed by atoms with E-state index in [0.29, 0.717) is 18.8 Å². The lowest BCUT2D eigenvalue weighted by atomic mass is 9.81. The fourth-order valence-electron chi connectivity index (χ4n) is 4.40. The lowest BCUT2D eigenvalue weighted by Gasteiger charge is -2.32. The number of benzene rings is 3. The summed E-state index contributed by atoms with van der Waals surface area (Å²) in [6.07, 6.45) is 1.12. The van der Waals surface area contributed by atoms with E-state index >= 15 is 0 Å². The molecule has 0 aromatic heterocycles. The molecule has 3 aromatic carbocycles. The van der Waals surface area contributed by atoms with E-state index in [1.807, 2.05) is 77.7 Å². The Balaban J connectivity index is 1.63. The molecule has 1 amide bonds. The van der Waals surface area contributed by atoms with Gasteiger partial charge in [0.15, 0.2) is 0 Å². The summed E-state index contributed by atoms with van der Waals surface area (Å²) >= 11 is 0. The van der Waals surface area contributed by atoms with Gasteiger partial charge in [-0.1, -0.05) is 72.8 Å². The normalized spacial score (nSPS) is 15.9. The number of esters is 1. The van der Waals surface area contributed by atoms with Gasteiger partial charge in [0.2, 0.25) is 5.91 Å². The topological polar surface area (TPSA) is 66.8 Å². The molecule has 0 fully saturated rings. The SMILES string of the molecule is CC(O)C(=O)Oc1cccc2c1CCCC2C(=O)N(Cc1ccccc1)Cc1ccccc1. The van der Waals surface area contributed by atoms with E-state index < -0.39 is 12.1 Å². The highest BCUT2D eigenvalue weighted by Crippen LogP contribution is 2.38. The Kier molecular flexibility index (Phi) is 7.20. The molecule has 1 aliphatic carbocycles. The molecule has 33 heavy (non-hydrogen) atoms. The van der Waals surface area contributed by atoms with E-state index in [1.54, 1.807) is 6.07 Å². The first kappa shape index (κ1) is 22.7. The van der Waals surface area contributed by atoms with Gasteiger partial charge in [0, 0.05) is 13.1 Å². The minimum Gasteiger partial charge on any atom is -0.424 e. The van der Waals surface area contributed by atoms with Crippen molar-refractivity contribution in [3.63, 3.8) is 0 Å². The van der Waals surface area contributed by atoms with E-state index in [1.165, 1.54) is 6.92 Å². The van der Waals surface area contributed by atoms with Crippen molar-refractivity contribution in [3.05, 3.63) is 101 Å². The molecule has 5 heteroatoms. The number of rotatable bonds is 7. The van der Waals surface area contributed by atoms with Crippen LogP contribution in [-0.4, -0.2) is 28.0 Å². The Hall–Kier alpha value is -3.44. The highest BCUT2D eigenvalue weighted by molar-refractivity contribution is 5.85. The number of amides is 1. The van der Waals surface area contributed by atoms with E-state index in [4.69, 9.17) is 4.74 Å². The molecule has 0 bridgehead atoms. The summed E-state index contributed by atoms with van der Waals surface area (Å²) in [7, 11) is 0. The van der Waals surface area contributed by atoms with Crippen molar-refractivity contribution >= 4 is 11.9 Å². The van der Waals surface area contributed by atoms with Crippen LogP contribution >= 0.6 is 0 Å². The molecule has 0 aliphatic heterocycles. The molecule has 1 N–H and O–H groups in total. The van der Waals surface area contributed by atoms with Gasteiger partial charge in [-0.3, -0.25) is 4.79 Å². The fourth-order valence-corrected chi connectivity index (χ4v) is 4.40. The van der Waals surface area contributed by atoms with E-state index in [2.05, 4.69) is 0 Å². The Labute approximate surface area is 194 Å². The Morgan fingerprint density at radius 2 is 1.55 bits per heavy atom. The first-order chi connectivity index (χ1) is 16.0. The summed E-state index contributed by atoms with van der Waals surface area (Å²) in [5, 5.41) is 9.54. The van der Waals surface area contributed by atoms with Crippen molar-refractivity contribution in [2.75, 3.05) is 0 Å². The van der Waals surface area contributed by atoms with Crippen molar-refractivity contribution in [1.29, 1.82) is 0 Å². The first-order valence-electron chi connectivity index (χ1n) is 11.4. The van der Waals surface area contributed by atoms with Gasteiger partial charge in [-0.25, -0.2) is 4.79 Å². The van der Waals surface area contributed by atoms with Crippen LogP contribution in [0, 0.1) is 0 Å². The molecule has 1 aliphatic rings. The molecule has 0 heterocycles. The number of carbonyl (C=O) groups is 2. The molecule has 4 rings (SSSR count). The van der Waals surface area contributed by atoms with Gasteiger partial charge in [0.25, 0.3) is 0 Å². The fraction of sp³-hybridized carbons (Fsp3) is 0.286. The third kappa shape index (κ3) is 5.49. The maximum absolute atomic E-state index is 13.9. The zero-order valence-electron chi connectivity index (χ0n) is 18.8. The van der Waals surface area contributed by atoms with E-state index in [-0.39, 0.29) is 11.8 Å². The molecule has 0 spiro atoms. The maximum Gasteiger partial charge on any atom is 0.340 e. The second-order valence-electron chi connectivity index (χ2n) is 8.53. The number of fused-ring (bicyclic) bond motifs is 1. The monoisotopic (exact) mass is 443 g/mol. The molecule has 170 valence electrons. The molecule has 0 saturated heterocycles. The van der Waals surface area contributed by atoms with Crippen LogP contribution in [0.15, 0.2) is 78.9 Å². The summed E-state index contributed by atoms with van der Waals surface area (Å²) in [5.41, 5.74) is 3.96. The van der Waals surface area contributed by atoms with Gasteiger partial charge in [-0.15, -0.1) is 0 Å². The molecular weight excluding hydrogens is 414 g/mol. The van der Waals surface area contributed by atoms with Gasteiger partial charge < -0.3 is 14.7 Å². The predicted octanol–water partition coefficient (Wildman–Crippen LogP) is 4.62. The smallest absolute Gasteiger partial charge is 0.340 e. The highest BCUT2D eigenvalue weighted by atomic mass is 16.5.